The summed E-state index contributed by atoms with van der Waals surface area (Å²) in [5.74, 6) is -1.01. The van der Waals surface area contributed by atoms with E-state index in [2.05, 4.69) is 31.2 Å². The number of halogens is 2. The van der Waals surface area contributed by atoms with Crippen LogP contribution >= 0.6 is 15.9 Å². The second kappa shape index (κ2) is 5.22. The highest BCUT2D eigenvalue weighted by Gasteiger charge is 2.12. The first kappa shape index (κ1) is 12.6. The van der Waals surface area contributed by atoms with Gasteiger partial charge in [-0.05, 0) is 47.1 Å². The maximum absolute atomic E-state index is 13.3. The maximum atomic E-state index is 13.3. The quantitative estimate of drug-likeness (QED) is 0.868. The molecule has 1 amide bonds. The molecule has 2 aromatic rings. The Balaban J connectivity index is 2.22. The first-order valence-electron chi connectivity index (χ1n) is 5.13. The zero-order chi connectivity index (χ0) is 13.1. The summed E-state index contributed by atoms with van der Waals surface area (Å²) >= 11 is 3.31. The van der Waals surface area contributed by atoms with Crippen LogP contribution in [0.15, 0.2) is 34.9 Å². The molecule has 0 unspecified atom stereocenters. The molecular formula is C12H9BrFN3O. The number of rotatable bonds is 2. The fourth-order valence-corrected chi connectivity index (χ4v) is 1.57. The van der Waals surface area contributed by atoms with Crippen LogP contribution in [0.25, 0.3) is 0 Å². The highest BCUT2D eigenvalue weighted by molar-refractivity contribution is 9.10. The van der Waals surface area contributed by atoms with Crippen molar-refractivity contribution >= 4 is 27.7 Å². The smallest absolute Gasteiger partial charge is 0.261 e. The summed E-state index contributed by atoms with van der Waals surface area (Å²) in [6.07, 6.45) is 1.29. The largest absolute Gasteiger partial charge is 0.306 e. The number of nitrogens with zero attached hydrogens (tertiary/aromatic N) is 2. The van der Waals surface area contributed by atoms with Gasteiger partial charge in [-0.2, -0.15) is 4.39 Å². The van der Waals surface area contributed by atoms with Crippen LogP contribution in [0, 0.1) is 12.9 Å². The van der Waals surface area contributed by atoms with E-state index < -0.39 is 11.9 Å². The normalized spacial score (nSPS) is 10.2. The van der Waals surface area contributed by atoms with Gasteiger partial charge in [-0.1, -0.05) is 0 Å². The van der Waals surface area contributed by atoms with E-state index in [9.17, 15) is 9.18 Å². The van der Waals surface area contributed by atoms with Crippen molar-refractivity contribution in [1.29, 1.82) is 0 Å². The van der Waals surface area contributed by atoms with E-state index in [-0.39, 0.29) is 5.56 Å². The number of hydrogen-bond acceptors (Lipinski definition) is 3. The number of aromatic nitrogens is 2. The van der Waals surface area contributed by atoms with Crippen molar-refractivity contribution in [2.75, 3.05) is 5.32 Å². The van der Waals surface area contributed by atoms with Crippen molar-refractivity contribution in [3.63, 3.8) is 0 Å². The molecule has 0 aliphatic carbocycles. The summed E-state index contributed by atoms with van der Waals surface area (Å²) < 4.78 is 14.1. The van der Waals surface area contributed by atoms with E-state index >= 15 is 0 Å². The lowest BCUT2D eigenvalue weighted by atomic mass is 10.2. The molecule has 0 bridgehead atoms. The van der Waals surface area contributed by atoms with Crippen molar-refractivity contribution in [2.45, 2.75) is 6.92 Å². The Morgan fingerprint density at radius 1 is 1.39 bits per heavy atom. The maximum Gasteiger partial charge on any atom is 0.261 e. The Kier molecular flexibility index (Phi) is 3.66. The zero-order valence-electron chi connectivity index (χ0n) is 9.45. The minimum Gasteiger partial charge on any atom is -0.306 e. The average Bonchev–Trinajstić information content (AvgIpc) is 2.34. The van der Waals surface area contributed by atoms with Crippen LogP contribution in [0.3, 0.4) is 0 Å². The van der Waals surface area contributed by atoms with Crippen LogP contribution in [0.5, 0.6) is 0 Å². The minimum atomic E-state index is -0.802. The van der Waals surface area contributed by atoms with E-state index in [0.717, 1.165) is 10.2 Å². The molecule has 0 spiro atoms. The Bertz CT molecular complexity index is 604. The predicted molar refractivity (Wildman–Crippen MR) is 68.8 cm³/mol. The van der Waals surface area contributed by atoms with Gasteiger partial charge in [0.2, 0.25) is 5.95 Å². The molecule has 2 rings (SSSR count). The van der Waals surface area contributed by atoms with E-state index in [1.807, 2.05) is 0 Å². The Morgan fingerprint density at radius 3 is 2.83 bits per heavy atom. The van der Waals surface area contributed by atoms with E-state index in [0.29, 0.717) is 5.82 Å². The van der Waals surface area contributed by atoms with Crippen molar-refractivity contribution < 1.29 is 9.18 Å². The fraction of sp³-hybridized carbons (Fsp3) is 0.0833. The molecule has 2 aromatic heterocycles. The van der Waals surface area contributed by atoms with E-state index in [1.165, 1.54) is 18.3 Å². The molecule has 18 heavy (non-hydrogen) atoms. The molecule has 6 heteroatoms. The van der Waals surface area contributed by atoms with Crippen molar-refractivity contribution in [3.8, 4) is 0 Å². The lowest BCUT2D eigenvalue weighted by Crippen LogP contribution is -2.15. The molecule has 92 valence electrons. The molecular weight excluding hydrogens is 301 g/mol. The number of aryl methyl sites for hydroxylation is 1. The lowest BCUT2D eigenvalue weighted by molar-refractivity contribution is 0.102. The second-order valence-corrected chi connectivity index (χ2v) is 4.41. The minimum absolute atomic E-state index is 0.111. The van der Waals surface area contributed by atoms with Crippen molar-refractivity contribution in [1.82, 2.24) is 9.97 Å². The molecule has 2 heterocycles. The van der Waals surface area contributed by atoms with E-state index in [1.54, 1.807) is 19.1 Å². The summed E-state index contributed by atoms with van der Waals surface area (Å²) in [4.78, 5) is 19.4. The third-order valence-corrected chi connectivity index (χ3v) is 3.10. The molecule has 0 aliphatic heterocycles. The molecule has 0 fully saturated rings. The molecule has 4 nitrogen and oxygen atoms in total. The topological polar surface area (TPSA) is 54.9 Å². The van der Waals surface area contributed by atoms with Crippen LogP contribution in [-0.4, -0.2) is 15.9 Å². The number of hydrogen-bond donors (Lipinski definition) is 1. The van der Waals surface area contributed by atoms with Gasteiger partial charge in [0.05, 0.1) is 11.3 Å². The molecule has 1 N–H and O–H groups in total. The summed E-state index contributed by atoms with van der Waals surface area (Å²) in [5, 5.41) is 2.52. The molecule has 0 atom stereocenters. The third-order valence-electron chi connectivity index (χ3n) is 2.27. The molecule has 0 saturated carbocycles. The molecule has 0 aliphatic rings. The van der Waals surface area contributed by atoms with Gasteiger partial charge in [-0.15, -0.1) is 0 Å². The van der Waals surface area contributed by atoms with Crippen molar-refractivity contribution in [3.05, 3.63) is 52.1 Å². The predicted octanol–water partition coefficient (Wildman–Crippen LogP) is 2.94. The highest BCUT2D eigenvalue weighted by Crippen LogP contribution is 2.16. The fourth-order valence-electron chi connectivity index (χ4n) is 1.35. The Hall–Kier alpha value is -1.82. The van der Waals surface area contributed by atoms with Crippen LogP contribution < -0.4 is 5.32 Å². The van der Waals surface area contributed by atoms with Gasteiger partial charge in [0.15, 0.2) is 0 Å². The molecule has 0 saturated heterocycles. The number of pyridine rings is 2. The van der Waals surface area contributed by atoms with Crippen LogP contribution in [0.1, 0.15) is 16.1 Å². The van der Waals surface area contributed by atoms with Crippen LogP contribution in [-0.2, 0) is 0 Å². The summed E-state index contributed by atoms with van der Waals surface area (Å²) in [6.45, 7) is 1.80. The first-order valence-corrected chi connectivity index (χ1v) is 5.92. The van der Waals surface area contributed by atoms with Gasteiger partial charge < -0.3 is 5.32 Å². The molecule has 0 radical (unpaired) electrons. The Labute approximate surface area is 111 Å². The summed E-state index contributed by atoms with van der Waals surface area (Å²) in [5.41, 5.74) is 0.624. The Morgan fingerprint density at radius 2 is 2.17 bits per heavy atom. The standard InChI is InChI=1S/C12H9BrFN3O/c1-7-9(13)4-5-10(16-7)17-12(18)8-3-2-6-15-11(8)14/h2-6H,1H3,(H,16,17,18). The van der Waals surface area contributed by atoms with Gasteiger partial charge in [-0.3, -0.25) is 4.79 Å². The number of amides is 1. The SMILES string of the molecule is Cc1nc(NC(=O)c2cccnc2F)ccc1Br. The number of carbonyl (C=O) groups excluding carboxylic acids is 1. The number of carbonyl (C=O) groups is 1. The third kappa shape index (κ3) is 2.70. The molecule has 0 aromatic carbocycles. The van der Waals surface area contributed by atoms with Gasteiger partial charge in [-0.25, -0.2) is 9.97 Å². The number of anilines is 1. The summed E-state index contributed by atoms with van der Waals surface area (Å²) in [6, 6.07) is 6.25. The van der Waals surface area contributed by atoms with E-state index in [4.69, 9.17) is 0 Å². The van der Waals surface area contributed by atoms with Gasteiger partial charge >= 0.3 is 0 Å². The van der Waals surface area contributed by atoms with Crippen LogP contribution in [0.2, 0.25) is 0 Å². The monoisotopic (exact) mass is 309 g/mol. The van der Waals surface area contributed by atoms with Crippen molar-refractivity contribution in [2.24, 2.45) is 0 Å². The van der Waals surface area contributed by atoms with Gasteiger partial charge in [0.25, 0.3) is 5.91 Å². The number of nitrogens with one attached hydrogen (secondary N) is 1. The first-order chi connectivity index (χ1) is 8.58. The average molecular weight is 310 g/mol. The summed E-state index contributed by atoms with van der Waals surface area (Å²) in [7, 11) is 0. The van der Waals surface area contributed by atoms with Crippen LogP contribution in [0.4, 0.5) is 10.2 Å². The zero-order valence-corrected chi connectivity index (χ0v) is 11.0. The van der Waals surface area contributed by atoms with Gasteiger partial charge in [0, 0.05) is 10.7 Å². The van der Waals surface area contributed by atoms with Gasteiger partial charge in [0.1, 0.15) is 5.82 Å². The highest BCUT2D eigenvalue weighted by atomic mass is 79.9. The second-order valence-electron chi connectivity index (χ2n) is 3.56. The lowest BCUT2D eigenvalue weighted by Gasteiger charge is -2.06.